The summed E-state index contributed by atoms with van der Waals surface area (Å²) in [4.78, 5) is 0. The van der Waals surface area contributed by atoms with E-state index in [2.05, 4.69) is 0 Å². The van der Waals surface area contributed by atoms with Gasteiger partial charge in [0.05, 0.1) is 13.1 Å². The first-order valence-electron chi connectivity index (χ1n) is 3.38. The van der Waals surface area contributed by atoms with Crippen molar-refractivity contribution in [3.05, 3.63) is 0 Å². The second kappa shape index (κ2) is 4.39. The first-order chi connectivity index (χ1) is 4.93. The summed E-state index contributed by atoms with van der Waals surface area (Å²) < 4.78 is 0.318. The molecule has 0 aliphatic heterocycles. The summed E-state index contributed by atoms with van der Waals surface area (Å²) in [5.74, 6) is 0.285. The highest BCUT2D eigenvalue weighted by Gasteiger charge is 2.32. The van der Waals surface area contributed by atoms with E-state index in [4.69, 9.17) is 40.5 Å². The fourth-order valence-corrected chi connectivity index (χ4v) is 1.10. The van der Waals surface area contributed by atoms with Gasteiger partial charge in [0.25, 0.3) is 9.63 Å². The minimum absolute atomic E-state index is 0.285. The van der Waals surface area contributed by atoms with Gasteiger partial charge in [-0.1, -0.05) is 34.8 Å². The number of nitrogens with zero attached hydrogens (tertiary/aromatic N) is 1. The van der Waals surface area contributed by atoms with E-state index in [9.17, 15) is 0 Å². The zero-order chi connectivity index (χ0) is 9.07. The highest BCUT2D eigenvalue weighted by Crippen LogP contribution is 2.25. The summed E-state index contributed by atoms with van der Waals surface area (Å²) in [5, 5.41) is 0. The number of hydrogen-bond acceptors (Lipinski definition) is 0. The molecule has 0 saturated carbocycles. The molecule has 0 unspecified atom stereocenters. The molecule has 0 atom stereocenters. The molecule has 0 aromatic heterocycles. The van der Waals surface area contributed by atoms with E-state index in [0.717, 1.165) is 13.1 Å². The van der Waals surface area contributed by atoms with E-state index < -0.39 is 3.79 Å². The molecule has 66 valence electrons. The largest absolute Gasteiger partial charge is 0.295 e. The molecule has 2 N–H and O–H groups in total. The molecule has 0 aromatic carbocycles. The Hall–Kier alpha value is 0.340. The molecule has 0 spiro atoms. The maximum absolute atomic E-state index is 5.56. The molecule has 0 aromatic rings. The highest BCUT2D eigenvalue weighted by molar-refractivity contribution is 6.76. The molecule has 0 rings (SSSR count). The number of halogens is 3. The van der Waals surface area contributed by atoms with Crippen LogP contribution in [-0.2, 0) is 0 Å². The topological polar surface area (TPSA) is 29.0 Å². The first-order valence-corrected chi connectivity index (χ1v) is 4.51. The molecule has 2 nitrogen and oxygen atoms in total. The quantitative estimate of drug-likeness (QED) is 0.325. The SMILES string of the molecule is CC[N+](CC)=C(N)C(Cl)(Cl)Cl. The van der Waals surface area contributed by atoms with Crippen LogP contribution in [0.2, 0.25) is 0 Å². The Morgan fingerprint density at radius 1 is 1.27 bits per heavy atom. The fourth-order valence-electron chi connectivity index (χ4n) is 0.744. The molecule has 0 aliphatic rings. The maximum atomic E-state index is 5.56. The Labute approximate surface area is 81.9 Å². The van der Waals surface area contributed by atoms with E-state index >= 15 is 0 Å². The van der Waals surface area contributed by atoms with E-state index in [1.165, 1.54) is 0 Å². The Morgan fingerprint density at radius 3 is 1.73 bits per heavy atom. The lowest BCUT2D eigenvalue weighted by Crippen LogP contribution is -2.38. The van der Waals surface area contributed by atoms with Gasteiger partial charge in [0, 0.05) is 0 Å². The summed E-state index contributed by atoms with van der Waals surface area (Å²) in [6.07, 6.45) is 0. The maximum Gasteiger partial charge on any atom is 0.295 e. The lowest BCUT2D eigenvalue weighted by molar-refractivity contribution is -0.522. The third-order valence-corrected chi connectivity index (χ3v) is 1.98. The lowest BCUT2D eigenvalue weighted by atomic mass is 10.5. The van der Waals surface area contributed by atoms with Crippen LogP contribution in [0.5, 0.6) is 0 Å². The highest BCUT2D eigenvalue weighted by atomic mass is 35.6. The monoisotopic (exact) mass is 217 g/mol. The fraction of sp³-hybridized carbons (Fsp3) is 0.833. The second-order valence-electron chi connectivity index (χ2n) is 2.06. The molecular weight excluding hydrogens is 206 g/mol. The zero-order valence-corrected chi connectivity index (χ0v) is 8.84. The third-order valence-electron chi connectivity index (χ3n) is 1.39. The van der Waals surface area contributed by atoms with E-state index in [1.54, 1.807) is 4.58 Å². The Balaban J connectivity index is 4.62. The first kappa shape index (κ1) is 11.3. The van der Waals surface area contributed by atoms with E-state index in [0.29, 0.717) is 0 Å². The van der Waals surface area contributed by atoms with Crippen LogP contribution in [0.1, 0.15) is 13.8 Å². The molecule has 0 fully saturated rings. The van der Waals surface area contributed by atoms with E-state index in [1.807, 2.05) is 13.8 Å². The van der Waals surface area contributed by atoms with Gasteiger partial charge < -0.3 is 0 Å². The van der Waals surface area contributed by atoms with Crippen molar-refractivity contribution in [2.75, 3.05) is 13.1 Å². The van der Waals surface area contributed by atoms with Crippen molar-refractivity contribution in [3.63, 3.8) is 0 Å². The van der Waals surface area contributed by atoms with Gasteiger partial charge in [-0.2, -0.15) is 0 Å². The molecule has 0 radical (unpaired) electrons. The minimum atomic E-state index is -1.48. The summed E-state index contributed by atoms with van der Waals surface area (Å²) in [6, 6.07) is 0. The van der Waals surface area contributed by atoms with Crippen molar-refractivity contribution in [1.29, 1.82) is 0 Å². The minimum Gasteiger partial charge on any atom is -0.287 e. The van der Waals surface area contributed by atoms with Gasteiger partial charge in [0.15, 0.2) is 0 Å². The molecule has 0 heterocycles. The van der Waals surface area contributed by atoms with Crippen LogP contribution < -0.4 is 5.73 Å². The summed E-state index contributed by atoms with van der Waals surface area (Å²) in [6.45, 7) is 5.39. The van der Waals surface area contributed by atoms with Gasteiger partial charge >= 0.3 is 0 Å². The number of amidine groups is 1. The molecule has 0 bridgehead atoms. The molecule has 0 saturated heterocycles. The van der Waals surface area contributed by atoms with Crippen LogP contribution in [0.4, 0.5) is 0 Å². The average Bonchev–Trinajstić information content (AvgIpc) is 1.88. The Bertz CT molecular complexity index is 154. The average molecular weight is 219 g/mol. The van der Waals surface area contributed by atoms with Crippen LogP contribution in [0.25, 0.3) is 0 Å². The molecule has 11 heavy (non-hydrogen) atoms. The summed E-state index contributed by atoms with van der Waals surface area (Å²) in [5.41, 5.74) is 5.56. The lowest BCUT2D eigenvalue weighted by Gasteiger charge is -2.10. The van der Waals surface area contributed by atoms with Gasteiger partial charge in [-0.05, 0) is 13.8 Å². The van der Waals surface area contributed by atoms with Crippen molar-refractivity contribution >= 4 is 40.6 Å². The number of nitrogens with two attached hydrogens (primary N) is 1. The normalized spacial score (nSPS) is 11.4. The van der Waals surface area contributed by atoms with Gasteiger partial charge in [0.1, 0.15) is 0 Å². The van der Waals surface area contributed by atoms with Crippen molar-refractivity contribution in [2.24, 2.45) is 5.73 Å². The third kappa shape index (κ3) is 3.50. The summed E-state index contributed by atoms with van der Waals surface area (Å²) in [7, 11) is 0. The number of hydrogen-bond donors (Lipinski definition) is 1. The number of rotatable bonds is 2. The van der Waals surface area contributed by atoms with Crippen LogP contribution in [0.15, 0.2) is 0 Å². The van der Waals surface area contributed by atoms with Crippen LogP contribution in [0.3, 0.4) is 0 Å². The van der Waals surface area contributed by atoms with Gasteiger partial charge in [0.2, 0.25) is 0 Å². The van der Waals surface area contributed by atoms with Crippen molar-refractivity contribution < 1.29 is 4.58 Å². The van der Waals surface area contributed by atoms with Crippen molar-refractivity contribution in [2.45, 2.75) is 17.6 Å². The molecular formula is C6H12Cl3N2+. The van der Waals surface area contributed by atoms with Crippen molar-refractivity contribution in [1.82, 2.24) is 0 Å². The van der Waals surface area contributed by atoms with Gasteiger partial charge in [-0.3, -0.25) is 10.3 Å². The van der Waals surface area contributed by atoms with Gasteiger partial charge in [-0.25, -0.2) is 0 Å². The Morgan fingerprint density at radius 2 is 1.64 bits per heavy atom. The van der Waals surface area contributed by atoms with Crippen molar-refractivity contribution in [3.8, 4) is 0 Å². The second-order valence-corrected chi connectivity index (χ2v) is 4.34. The predicted octanol–water partition coefficient (Wildman–Crippen LogP) is 1.77. The zero-order valence-electron chi connectivity index (χ0n) is 6.57. The Kier molecular flexibility index (Phi) is 4.52. The van der Waals surface area contributed by atoms with Crippen LogP contribution in [0, 0.1) is 0 Å². The molecule has 5 heteroatoms. The van der Waals surface area contributed by atoms with Crippen LogP contribution in [-0.4, -0.2) is 27.3 Å². The summed E-state index contributed by atoms with van der Waals surface area (Å²) >= 11 is 16.7. The molecule has 0 aliphatic carbocycles. The smallest absolute Gasteiger partial charge is 0.287 e. The van der Waals surface area contributed by atoms with Crippen LogP contribution >= 0.6 is 34.8 Å². The molecule has 0 amide bonds. The predicted molar refractivity (Wildman–Crippen MR) is 50.8 cm³/mol. The van der Waals surface area contributed by atoms with Gasteiger partial charge in [-0.15, -0.1) is 0 Å². The standard InChI is InChI=1S/C6H11Cl3N2/c1-3-11(4-2)5(10)6(7,8)9/h10H,3-4H2,1-2H3/p+1. The number of alkyl halides is 3. The van der Waals surface area contributed by atoms with E-state index in [-0.39, 0.29) is 5.84 Å².